The fourth-order valence-electron chi connectivity index (χ4n) is 3.03. The average Bonchev–Trinajstić information content (AvgIpc) is 3.57. The minimum Gasteiger partial charge on any atom is -0.380 e. The van der Waals surface area contributed by atoms with E-state index >= 15 is 0 Å². The second kappa shape index (κ2) is 14.4. The largest absolute Gasteiger partial charge is 0.380 e. The molecule has 2 heterocycles. The molecule has 0 radical (unpaired) electrons. The lowest BCUT2D eigenvalue weighted by Gasteiger charge is -2.12. The molecular formula is C27H35N5O2S2. The van der Waals surface area contributed by atoms with Crippen LogP contribution in [-0.4, -0.2) is 25.5 Å². The lowest BCUT2D eigenvalue weighted by atomic mass is 9.94. The molecule has 6 N–H and O–H groups in total. The number of nitrogens with two attached hydrogens (primary N) is 2. The van der Waals surface area contributed by atoms with Gasteiger partial charge in [0.2, 0.25) is 0 Å². The first kappa shape index (κ1) is 29.1. The average molecular weight is 526 g/mol. The van der Waals surface area contributed by atoms with Crippen LogP contribution in [0.4, 0.5) is 10.7 Å². The van der Waals surface area contributed by atoms with Crippen LogP contribution < -0.4 is 21.5 Å². The second-order valence-electron chi connectivity index (χ2n) is 8.54. The number of nitrogens with zero attached hydrogens (tertiary/aromatic N) is 1. The van der Waals surface area contributed by atoms with Crippen molar-refractivity contribution >= 4 is 40.3 Å². The van der Waals surface area contributed by atoms with E-state index in [9.17, 15) is 4.79 Å². The zero-order valence-corrected chi connectivity index (χ0v) is 23.0. The van der Waals surface area contributed by atoms with Gasteiger partial charge in [-0.3, -0.25) is 4.79 Å². The smallest absolute Gasteiger partial charge is 0.160 e. The maximum atomic E-state index is 10.8. The summed E-state index contributed by atoms with van der Waals surface area (Å²) in [5, 5.41) is 8.90. The molecule has 1 atom stereocenters. The van der Waals surface area contributed by atoms with Gasteiger partial charge in [-0.2, -0.15) is 0 Å². The summed E-state index contributed by atoms with van der Waals surface area (Å²) < 4.78 is 8.53. The van der Waals surface area contributed by atoms with E-state index in [0.29, 0.717) is 4.88 Å². The number of carbonyl (C=O) groups is 1. The molecule has 4 aromatic rings. The first-order valence-electron chi connectivity index (χ1n) is 11.4. The van der Waals surface area contributed by atoms with Crippen LogP contribution in [0.15, 0.2) is 82.3 Å². The van der Waals surface area contributed by atoms with Gasteiger partial charge in [-0.25, -0.2) is 0 Å². The Morgan fingerprint density at radius 2 is 1.64 bits per heavy atom. The molecule has 1 unspecified atom stereocenters. The number of carbonyl (C=O) groups excluding carboxylic acids is 1. The molecule has 0 bridgehead atoms. The minimum atomic E-state index is -0.205. The monoisotopic (exact) mass is 525 g/mol. The number of nitrogens with one attached hydrogen (secondary N) is 2. The summed E-state index contributed by atoms with van der Waals surface area (Å²) in [5.74, 6) is 0.898. The molecule has 0 aliphatic carbocycles. The van der Waals surface area contributed by atoms with Crippen molar-refractivity contribution in [1.29, 1.82) is 0 Å². The van der Waals surface area contributed by atoms with Crippen molar-refractivity contribution in [3.63, 3.8) is 0 Å². The first-order valence-corrected chi connectivity index (χ1v) is 13.0. The molecule has 0 amide bonds. The topological polar surface area (TPSA) is 119 Å². The lowest BCUT2D eigenvalue weighted by molar-refractivity contribution is 0.112. The van der Waals surface area contributed by atoms with E-state index < -0.39 is 0 Å². The van der Waals surface area contributed by atoms with E-state index in [1.165, 1.54) is 30.3 Å². The van der Waals surface area contributed by atoms with Crippen LogP contribution in [0.1, 0.15) is 53.4 Å². The molecule has 0 saturated heterocycles. The Balaban J connectivity index is 0.000000237. The van der Waals surface area contributed by atoms with E-state index in [4.69, 9.17) is 10.3 Å². The number of hydrogen-bond acceptors (Lipinski definition) is 9. The lowest BCUT2D eigenvalue weighted by Crippen LogP contribution is -2.12. The van der Waals surface area contributed by atoms with E-state index in [2.05, 4.69) is 41.7 Å². The van der Waals surface area contributed by atoms with Gasteiger partial charge in [0, 0.05) is 41.7 Å². The Kier molecular flexibility index (Phi) is 11.7. The van der Waals surface area contributed by atoms with Crippen LogP contribution in [-0.2, 0) is 5.41 Å². The third-order valence-corrected chi connectivity index (χ3v) is 6.72. The second-order valence-corrected chi connectivity index (χ2v) is 10.4. The standard InChI is InChI=1S/C13H16N2OS.C13H14N2OS.CH5N/c1-13(2,3)11-9-12(14-16-11)17-15-10-7-5-4-6-8-10;1-15-13-11(7-10(8-16)17-13)12(14)9-5-3-2-4-6-9;1-2/h4-9,15H,1-3H3;2-8,12,15H,14H2,1H3;2H2,1H3. The zero-order valence-electron chi connectivity index (χ0n) is 21.3. The third-order valence-electron chi connectivity index (χ3n) is 4.89. The van der Waals surface area contributed by atoms with E-state index in [0.717, 1.165) is 38.9 Å². The first-order chi connectivity index (χ1) is 17.3. The third kappa shape index (κ3) is 8.53. The Morgan fingerprint density at radius 3 is 2.17 bits per heavy atom. The highest BCUT2D eigenvalue weighted by molar-refractivity contribution is 8.00. The fourth-order valence-corrected chi connectivity index (χ4v) is 4.50. The molecule has 7 nitrogen and oxygen atoms in total. The fraction of sp³-hybridized carbons (Fsp3) is 0.259. The van der Waals surface area contributed by atoms with Crippen LogP contribution in [0.25, 0.3) is 0 Å². The molecule has 0 saturated carbocycles. The van der Waals surface area contributed by atoms with Crippen molar-refractivity contribution in [3.05, 3.63) is 94.6 Å². The summed E-state index contributed by atoms with van der Waals surface area (Å²) in [6.45, 7) is 6.31. The van der Waals surface area contributed by atoms with E-state index in [-0.39, 0.29) is 11.5 Å². The van der Waals surface area contributed by atoms with Gasteiger partial charge in [0.25, 0.3) is 0 Å². The number of rotatable bonds is 7. The molecule has 4 rings (SSSR count). The van der Waals surface area contributed by atoms with Crippen LogP contribution >= 0.6 is 23.3 Å². The maximum Gasteiger partial charge on any atom is 0.160 e. The molecule has 0 fully saturated rings. The zero-order chi connectivity index (χ0) is 26.6. The molecule has 0 aliphatic heterocycles. The number of benzene rings is 2. The van der Waals surface area contributed by atoms with E-state index in [1.807, 2.05) is 79.8 Å². The quantitative estimate of drug-likeness (QED) is 0.164. The molecule has 9 heteroatoms. The number of aldehydes is 1. The molecule has 36 heavy (non-hydrogen) atoms. The van der Waals surface area contributed by atoms with Gasteiger partial charge in [-0.15, -0.1) is 11.3 Å². The number of thiophene rings is 1. The minimum absolute atomic E-state index is 0.00143. The van der Waals surface area contributed by atoms with Crippen LogP contribution in [0.3, 0.4) is 0 Å². The normalized spacial score (nSPS) is 11.3. The van der Waals surface area contributed by atoms with Crippen LogP contribution in [0.5, 0.6) is 0 Å². The van der Waals surface area contributed by atoms with Gasteiger partial charge in [0.15, 0.2) is 11.3 Å². The Labute approximate surface area is 221 Å². The molecule has 0 spiro atoms. The molecule has 192 valence electrons. The Hall–Kier alpha value is -3.11. The van der Waals surface area contributed by atoms with Crippen molar-refractivity contribution in [2.24, 2.45) is 11.5 Å². The molecular weight excluding hydrogens is 490 g/mol. The Bertz CT molecular complexity index is 1170. The number of aromatic nitrogens is 1. The van der Waals surface area contributed by atoms with Gasteiger partial charge in [-0.1, -0.05) is 74.5 Å². The number of hydrogen-bond donors (Lipinski definition) is 4. The molecule has 2 aromatic heterocycles. The van der Waals surface area contributed by atoms with E-state index in [1.54, 1.807) is 0 Å². The SMILES string of the molecule is CC(C)(C)c1cc(SNc2ccccc2)no1.CN.CNc1sc(C=O)cc1C(N)c1ccccc1. The summed E-state index contributed by atoms with van der Waals surface area (Å²) in [7, 11) is 3.33. The predicted molar refractivity (Wildman–Crippen MR) is 153 cm³/mol. The highest BCUT2D eigenvalue weighted by Gasteiger charge is 2.20. The highest BCUT2D eigenvalue weighted by atomic mass is 32.2. The van der Waals surface area contributed by atoms with Gasteiger partial charge < -0.3 is 26.0 Å². The van der Waals surface area contributed by atoms with Crippen LogP contribution in [0, 0.1) is 0 Å². The molecule has 2 aromatic carbocycles. The number of para-hydroxylation sites is 1. The summed E-state index contributed by atoms with van der Waals surface area (Å²) in [5.41, 5.74) is 13.8. The number of anilines is 2. The van der Waals surface area contributed by atoms with Gasteiger partial charge in [-0.05, 0) is 30.8 Å². The summed E-state index contributed by atoms with van der Waals surface area (Å²) >= 11 is 2.88. The summed E-state index contributed by atoms with van der Waals surface area (Å²) in [6, 6.07) is 23.5. The summed E-state index contributed by atoms with van der Waals surface area (Å²) in [6.07, 6.45) is 0.854. The van der Waals surface area contributed by atoms with Crippen molar-refractivity contribution in [2.75, 3.05) is 24.1 Å². The summed E-state index contributed by atoms with van der Waals surface area (Å²) in [4.78, 5) is 11.5. The predicted octanol–water partition coefficient (Wildman–Crippen LogP) is 6.32. The molecule has 0 aliphatic rings. The highest BCUT2D eigenvalue weighted by Crippen LogP contribution is 2.33. The van der Waals surface area contributed by atoms with Crippen molar-refractivity contribution in [2.45, 2.75) is 37.3 Å². The van der Waals surface area contributed by atoms with Crippen molar-refractivity contribution < 1.29 is 9.32 Å². The maximum absolute atomic E-state index is 10.8. The van der Waals surface area contributed by atoms with Crippen molar-refractivity contribution in [1.82, 2.24) is 5.16 Å². The Morgan fingerprint density at radius 1 is 1.03 bits per heavy atom. The van der Waals surface area contributed by atoms with Crippen molar-refractivity contribution in [3.8, 4) is 0 Å². The van der Waals surface area contributed by atoms with Crippen LogP contribution in [0.2, 0.25) is 0 Å². The van der Waals surface area contributed by atoms with Gasteiger partial charge in [0.05, 0.1) is 15.9 Å². The van der Waals surface area contributed by atoms with Gasteiger partial charge in [0.1, 0.15) is 5.76 Å². The van der Waals surface area contributed by atoms with Gasteiger partial charge >= 0.3 is 0 Å².